The second-order valence-corrected chi connectivity index (χ2v) is 6.59. The van der Waals surface area contributed by atoms with Crippen LogP contribution in [0.1, 0.15) is 15.4 Å². The molecule has 1 aliphatic rings. The van der Waals surface area contributed by atoms with Crippen molar-refractivity contribution in [1.82, 2.24) is 20.1 Å². The molecule has 3 aromatic rings. The lowest BCUT2D eigenvalue weighted by atomic mass is 10.3. The van der Waals surface area contributed by atoms with Gasteiger partial charge in [-0.2, -0.15) is 0 Å². The van der Waals surface area contributed by atoms with E-state index in [0.717, 1.165) is 10.6 Å². The van der Waals surface area contributed by atoms with Crippen molar-refractivity contribution in [2.24, 2.45) is 0 Å². The van der Waals surface area contributed by atoms with Gasteiger partial charge in [0.2, 0.25) is 11.6 Å². The molecule has 0 saturated heterocycles. The van der Waals surface area contributed by atoms with Gasteiger partial charge in [-0.15, -0.1) is 21.5 Å². The minimum atomic E-state index is -0.501. The number of amides is 1. The smallest absolute Gasteiger partial charge is 0.286 e. The van der Waals surface area contributed by atoms with Crippen LogP contribution in [-0.2, 0) is 13.1 Å². The van der Waals surface area contributed by atoms with Crippen molar-refractivity contribution in [3.05, 3.63) is 68.8 Å². The SMILES string of the molecule is O=C(NCc1cccs1)c1nnc2n(c1=O)CCN2c1ccccc1. The average molecular weight is 353 g/mol. The zero-order valence-corrected chi connectivity index (χ0v) is 14.1. The Hall–Kier alpha value is -3.00. The number of hydrogen-bond donors (Lipinski definition) is 1. The van der Waals surface area contributed by atoms with Gasteiger partial charge in [-0.1, -0.05) is 24.3 Å². The number of anilines is 2. The Balaban J connectivity index is 1.59. The summed E-state index contributed by atoms with van der Waals surface area (Å²) in [4.78, 5) is 27.8. The quantitative estimate of drug-likeness (QED) is 0.773. The first-order chi connectivity index (χ1) is 12.2. The predicted molar refractivity (Wildman–Crippen MR) is 95.2 cm³/mol. The zero-order chi connectivity index (χ0) is 17.2. The molecule has 1 aliphatic heterocycles. The summed E-state index contributed by atoms with van der Waals surface area (Å²) in [7, 11) is 0. The molecular formula is C17H15N5O2S. The van der Waals surface area contributed by atoms with Gasteiger partial charge in [-0.05, 0) is 23.6 Å². The standard InChI is InChI=1S/C17H15N5O2S/c23-15(18-11-13-7-4-10-25-13)14-16(24)22-9-8-21(17(22)20-19-14)12-5-2-1-3-6-12/h1-7,10H,8-9,11H2,(H,18,23). The van der Waals surface area contributed by atoms with Gasteiger partial charge in [0.1, 0.15) is 0 Å². The second-order valence-electron chi connectivity index (χ2n) is 5.55. The molecule has 3 heterocycles. The van der Waals surface area contributed by atoms with E-state index >= 15 is 0 Å². The Labute approximate surface area is 147 Å². The third-order valence-electron chi connectivity index (χ3n) is 4.00. The normalized spacial score (nSPS) is 12.9. The van der Waals surface area contributed by atoms with Crippen molar-refractivity contribution in [2.45, 2.75) is 13.1 Å². The van der Waals surface area contributed by atoms with Crippen LogP contribution in [0, 0.1) is 0 Å². The summed E-state index contributed by atoms with van der Waals surface area (Å²) in [6.07, 6.45) is 0. The molecule has 1 aromatic carbocycles. The minimum absolute atomic E-state index is 0.171. The molecule has 0 fully saturated rings. The molecule has 7 nitrogen and oxygen atoms in total. The number of aromatic nitrogens is 3. The van der Waals surface area contributed by atoms with Crippen LogP contribution in [0.2, 0.25) is 0 Å². The number of carbonyl (C=O) groups is 1. The van der Waals surface area contributed by atoms with E-state index < -0.39 is 11.5 Å². The van der Waals surface area contributed by atoms with Gasteiger partial charge in [-0.3, -0.25) is 14.2 Å². The van der Waals surface area contributed by atoms with Crippen LogP contribution < -0.4 is 15.8 Å². The summed E-state index contributed by atoms with van der Waals surface area (Å²) in [6.45, 7) is 1.47. The number of para-hydroxylation sites is 1. The number of carbonyl (C=O) groups excluding carboxylic acids is 1. The van der Waals surface area contributed by atoms with Gasteiger partial charge >= 0.3 is 0 Å². The van der Waals surface area contributed by atoms with Crippen molar-refractivity contribution in [3.63, 3.8) is 0 Å². The summed E-state index contributed by atoms with van der Waals surface area (Å²) in [5.41, 5.74) is 0.361. The lowest BCUT2D eigenvalue weighted by Gasteiger charge is -2.16. The fourth-order valence-corrected chi connectivity index (χ4v) is 3.42. The van der Waals surface area contributed by atoms with Crippen LogP contribution in [0.4, 0.5) is 11.6 Å². The Bertz CT molecular complexity index is 953. The molecule has 0 spiro atoms. The largest absolute Gasteiger partial charge is 0.346 e. The number of rotatable bonds is 4. The Kier molecular flexibility index (Phi) is 4.02. The first kappa shape index (κ1) is 15.5. The molecule has 0 unspecified atom stereocenters. The fraction of sp³-hybridized carbons (Fsp3) is 0.176. The maximum Gasteiger partial charge on any atom is 0.286 e. The molecule has 4 rings (SSSR count). The topological polar surface area (TPSA) is 80.1 Å². The van der Waals surface area contributed by atoms with Crippen LogP contribution in [-0.4, -0.2) is 27.2 Å². The van der Waals surface area contributed by atoms with E-state index in [1.165, 1.54) is 4.57 Å². The molecule has 2 aromatic heterocycles. The average Bonchev–Trinajstić information content (AvgIpc) is 3.31. The molecule has 8 heteroatoms. The summed E-state index contributed by atoms with van der Waals surface area (Å²) < 4.78 is 1.50. The minimum Gasteiger partial charge on any atom is -0.346 e. The van der Waals surface area contributed by atoms with Gasteiger partial charge < -0.3 is 10.2 Å². The van der Waals surface area contributed by atoms with Crippen molar-refractivity contribution < 1.29 is 4.79 Å². The van der Waals surface area contributed by atoms with Crippen molar-refractivity contribution >= 4 is 28.9 Å². The van der Waals surface area contributed by atoms with Crippen LogP contribution in [0.5, 0.6) is 0 Å². The van der Waals surface area contributed by atoms with Gasteiger partial charge in [0.05, 0.1) is 6.54 Å². The van der Waals surface area contributed by atoms with Crippen molar-refractivity contribution in [1.29, 1.82) is 0 Å². The Morgan fingerprint density at radius 3 is 2.72 bits per heavy atom. The monoisotopic (exact) mass is 353 g/mol. The highest BCUT2D eigenvalue weighted by Crippen LogP contribution is 2.25. The Morgan fingerprint density at radius 1 is 1.12 bits per heavy atom. The maximum atomic E-state index is 12.6. The lowest BCUT2D eigenvalue weighted by molar-refractivity contribution is 0.0943. The summed E-state index contributed by atoms with van der Waals surface area (Å²) in [5.74, 6) is -0.0367. The number of nitrogens with one attached hydrogen (secondary N) is 1. The van der Waals surface area contributed by atoms with E-state index in [9.17, 15) is 9.59 Å². The summed E-state index contributed by atoms with van der Waals surface area (Å²) in [6, 6.07) is 13.5. The number of benzene rings is 1. The highest BCUT2D eigenvalue weighted by atomic mass is 32.1. The van der Waals surface area contributed by atoms with E-state index in [1.54, 1.807) is 11.3 Å². The summed E-state index contributed by atoms with van der Waals surface area (Å²) >= 11 is 1.54. The maximum absolute atomic E-state index is 12.6. The zero-order valence-electron chi connectivity index (χ0n) is 13.3. The first-order valence-electron chi connectivity index (χ1n) is 7.85. The van der Waals surface area contributed by atoms with Gasteiger partial charge in [0, 0.05) is 23.7 Å². The van der Waals surface area contributed by atoms with E-state index in [2.05, 4.69) is 15.5 Å². The van der Waals surface area contributed by atoms with Crippen molar-refractivity contribution in [2.75, 3.05) is 11.4 Å². The van der Waals surface area contributed by atoms with Gasteiger partial charge in [0.25, 0.3) is 11.5 Å². The predicted octanol–water partition coefficient (Wildman–Crippen LogP) is 1.78. The van der Waals surface area contributed by atoms with Crippen molar-refractivity contribution in [3.8, 4) is 0 Å². The fourth-order valence-electron chi connectivity index (χ4n) is 2.77. The Morgan fingerprint density at radius 2 is 1.96 bits per heavy atom. The van der Waals surface area contributed by atoms with Crippen LogP contribution in [0.3, 0.4) is 0 Å². The second kappa shape index (κ2) is 6.48. The van der Waals surface area contributed by atoms with E-state index in [-0.39, 0.29) is 5.69 Å². The van der Waals surface area contributed by atoms with Crippen LogP contribution >= 0.6 is 11.3 Å². The highest BCUT2D eigenvalue weighted by Gasteiger charge is 2.27. The molecule has 126 valence electrons. The third kappa shape index (κ3) is 2.91. The highest BCUT2D eigenvalue weighted by molar-refractivity contribution is 7.09. The van der Waals surface area contributed by atoms with E-state index in [4.69, 9.17) is 0 Å². The molecule has 0 atom stereocenters. The molecule has 0 radical (unpaired) electrons. The summed E-state index contributed by atoms with van der Waals surface area (Å²) in [5, 5.41) is 12.7. The number of hydrogen-bond acceptors (Lipinski definition) is 6. The lowest BCUT2D eigenvalue weighted by Crippen LogP contribution is -2.34. The first-order valence-corrected chi connectivity index (χ1v) is 8.72. The van der Waals surface area contributed by atoms with E-state index in [0.29, 0.717) is 25.6 Å². The number of nitrogens with zero attached hydrogens (tertiary/aromatic N) is 4. The molecule has 1 amide bonds. The molecule has 0 saturated carbocycles. The molecular weight excluding hydrogens is 338 g/mol. The van der Waals surface area contributed by atoms with Crippen LogP contribution in [0.15, 0.2) is 52.6 Å². The van der Waals surface area contributed by atoms with Gasteiger partial charge in [-0.25, -0.2) is 0 Å². The molecule has 0 bridgehead atoms. The number of thiophene rings is 1. The van der Waals surface area contributed by atoms with Crippen LogP contribution in [0.25, 0.3) is 0 Å². The molecule has 1 N–H and O–H groups in total. The molecule has 25 heavy (non-hydrogen) atoms. The number of fused-ring (bicyclic) bond motifs is 1. The third-order valence-corrected chi connectivity index (χ3v) is 4.88. The van der Waals surface area contributed by atoms with Gasteiger partial charge in [0.15, 0.2) is 0 Å². The molecule has 0 aliphatic carbocycles. The van der Waals surface area contributed by atoms with E-state index in [1.807, 2.05) is 52.7 Å².